The molecular weight excluding hydrogens is 927 g/mol. The van der Waals surface area contributed by atoms with Crippen LogP contribution in [-0.2, 0) is 10.8 Å². The molecule has 1 nitrogen and oxygen atoms in total. The van der Waals surface area contributed by atoms with Crippen LogP contribution < -0.4 is 4.90 Å². The van der Waals surface area contributed by atoms with Gasteiger partial charge in [0.15, 0.2) is 0 Å². The first-order valence-corrected chi connectivity index (χ1v) is 27.2. The van der Waals surface area contributed by atoms with Crippen molar-refractivity contribution < 1.29 is 0 Å². The summed E-state index contributed by atoms with van der Waals surface area (Å²) in [6.45, 7) is 9.54. The van der Waals surface area contributed by atoms with E-state index >= 15 is 0 Å². The van der Waals surface area contributed by atoms with Crippen molar-refractivity contribution in [2.24, 2.45) is 0 Å². The number of anilines is 3. The van der Waals surface area contributed by atoms with Crippen LogP contribution >= 0.6 is 0 Å². The second kappa shape index (κ2) is 17.1. The molecule has 0 aliphatic heterocycles. The molecule has 0 saturated heterocycles. The molecule has 0 heterocycles. The summed E-state index contributed by atoms with van der Waals surface area (Å²) in [5.74, 6) is 0. The zero-order valence-electron chi connectivity index (χ0n) is 43.8. The van der Waals surface area contributed by atoms with Crippen LogP contribution in [0.15, 0.2) is 261 Å². The summed E-state index contributed by atoms with van der Waals surface area (Å²) in [6.07, 6.45) is 0. The Hall–Kier alpha value is -9.30. The van der Waals surface area contributed by atoms with Gasteiger partial charge in [-0.25, -0.2) is 0 Å². The maximum atomic E-state index is 2.54. The first-order valence-electron chi connectivity index (χ1n) is 27.2. The average Bonchev–Trinajstić information content (AvgIpc) is 3.90. The van der Waals surface area contributed by atoms with E-state index in [1.54, 1.807) is 0 Å². The van der Waals surface area contributed by atoms with Crippen LogP contribution in [0, 0.1) is 0 Å². The largest absolute Gasteiger partial charge is 0.310 e. The van der Waals surface area contributed by atoms with Gasteiger partial charge in [-0.05, 0) is 187 Å². The van der Waals surface area contributed by atoms with E-state index in [-0.39, 0.29) is 10.8 Å². The first-order chi connectivity index (χ1) is 37.7. The minimum atomic E-state index is -0.161. The molecule has 0 N–H and O–H groups in total. The number of nitrogens with zero attached hydrogens (tertiary/aromatic N) is 1. The molecule has 0 unspecified atom stereocenters. The molecule has 0 bridgehead atoms. The van der Waals surface area contributed by atoms with Crippen LogP contribution in [0.4, 0.5) is 17.1 Å². The molecule has 0 radical (unpaired) electrons. The Balaban J connectivity index is 0.989. The van der Waals surface area contributed by atoms with Crippen LogP contribution in [0.5, 0.6) is 0 Å². The number of benzene rings is 13. The Morgan fingerprint density at radius 3 is 1.19 bits per heavy atom. The van der Waals surface area contributed by atoms with Crippen molar-refractivity contribution in [2.75, 3.05) is 4.90 Å². The first kappa shape index (κ1) is 45.1. The van der Waals surface area contributed by atoms with E-state index < -0.39 is 0 Å². The topological polar surface area (TPSA) is 3.24 Å². The Bertz CT molecular complexity index is 4390. The third-order valence-corrected chi connectivity index (χ3v) is 17.4. The summed E-state index contributed by atoms with van der Waals surface area (Å²) in [5, 5.41) is 9.78. The second-order valence-electron chi connectivity index (χ2n) is 22.4. The minimum Gasteiger partial charge on any atom is -0.310 e. The lowest BCUT2D eigenvalue weighted by molar-refractivity contribution is 0.660. The lowest BCUT2D eigenvalue weighted by atomic mass is 9.82. The Labute approximate surface area is 451 Å². The van der Waals surface area contributed by atoms with Crippen molar-refractivity contribution >= 4 is 60.2 Å². The van der Waals surface area contributed by atoms with Gasteiger partial charge in [0, 0.05) is 27.6 Å². The lowest BCUT2D eigenvalue weighted by Crippen LogP contribution is -2.18. The van der Waals surface area contributed by atoms with E-state index in [0.29, 0.717) is 0 Å². The summed E-state index contributed by atoms with van der Waals surface area (Å²) in [7, 11) is 0. The summed E-state index contributed by atoms with van der Waals surface area (Å²) in [4.78, 5) is 2.54. The van der Waals surface area contributed by atoms with Crippen molar-refractivity contribution in [3.8, 4) is 66.8 Å². The standard InChI is InChI=1S/C76H55N/c1-75(2)68-33-19-17-28-58(68)60-37-35-55(46-70(60)75)77(56-36-38-61-59-29-18-20-34-69(59)76(3,4)71(61)47-56)72-40-39-65(57-27-13-14-30-62(57)72)74-64-32-16-15-31-63(64)73(66-44-50-25-11-12-26-51(50)45-67(66)74)54-42-52(48-21-7-5-8-22-48)41-53(43-54)49-23-9-6-10-24-49/h5-47H,1-4H3. The van der Waals surface area contributed by atoms with Crippen LogP contribution in [0.2, 0.25) is 0 Å². The predicted octanol–water partition coefficient (Wildman–Crippen LogP) is 21.0. The van der Waals surface area contributed by atoms with E-state index in [4.69, 9.17) is 0 Å². The molecule has 0 saturated carbocycles. The molecule has 2 aliphatic rings. The fraction of sp³-hybridized carbons (Fsp3) is 0.0789. The van der Waals surface area contributed by atoms with E-state index in [9.17, 15) is 0 Å². The van der Waals surface area contributed by atoms with Crippen LogP contribution in [0.3, 0.4) is 0 Å². The number of hydrogen-bond donors (Lipinski definition) is 0. The van der Waals surface area contributed by atoms with Crippen molar-refractivity contribution in [2.45, 2.75) is 38.5 Å². The molecule has 77 heavy (non-hydrogen) atoms. The van der Waals surface area contributed by atoms with Gasteiger partial charge >= 0.3 is 0 Å². The highest BCUT2D eigenvalue weighted by Crippen LogP contribution is 2.55. The van der Waals surface area contributed by atoms with Crippen LogP contribution in [0.25, 0.3) is 110 Å². The molecule has 0 aromatic heterocycles. The van der Waals surface area contributed by atoms with Gasteiger partial charge in [-0.2, -0.15) is 0 Å². The Kier molecular flexibility index (Phi) is 10.0. The van der Waals surface area contributed by atoms with Gasteiger partial charge < -0.3 is 4.90 Å². The van der Waals surface area contributed by atoms with Crippen molar-refractivity contribution in [1.82, 2.24) is 0 Å². The van der Waals surface area contributed by atoms with Crippen molar-refractivity contribution in [1.29, 1.82) is 0 Å². The van der Waals surface area contributed by atoms with E-state index in [2.05, 4.69) is 293 Å². The summed E-state index contributed by atoms with van der Waals surface area (Å²) in [6, 6.07) is 98.1. The van der Waals surface area contributed by atoms with Gasteiger partial charge in [-0.3, -0.25) is 0 Å². The fourth-order valence-electron chi connectivity index (χ4n) is 13.6. The van der Waals surface area contributed by atoms with E-state index in [1.807, 2.05) is 0 Å². The van der Waals surface area contributed by atoms with Gasteiger partial charge in [-0.15, -0.1) is 0 Å². The molecular formula is C76H55N. The minimum absolute atomic E-state index is 0.161. The zero-order chi connectivity index (χ0) is 51.6. The molecule has 0 spiro atoms. The molecule has 1 heteroatoms. The second-order valence-corrected chi connectivity index (χ2v) is 22.4. The Morgan fingerprint density at radius 2 is 0.649 bits per heavy atom. The normalized spacial score (nSPS) is 13.7. The molecule has 0 atom stereocenters. The maximum Gasteiger partial charge on any atom is 0.0540 e. The fourth-order valence-corrected chi connectivity index (χ4v) is 13.6. The lowest BCUT2D eigenvalue weighted by Gasteiger charge is -2.31. The summed E-state index contributed by atoms with van der Waals surface area (Å²) < 4.78 is 0. The molecule has 15 rings (SSSR count). The Morgan fingerprint density at radius 1 is 0.247 bits per heavy atom. The average molecular weight is 982 g/mol. The zero-order valence-corrected chi connectivity index (χ0v) is 43.8. The molecule has 13 aromatic carbocycles. The quantitative estimate of drug-likeness (QED) is 0.144. The predicted molar refractivity (Wildman–Crippen MR) is 328 cm³/mol. The monoisotopic (exact) mass is 981 g/mol. The summed E-state index contributed by atoms with van der Waals surface area (Å²) in [5.41, 5.74) is 23.6. The molecule has 0 fully saturated rings. The highest BCUT2D eigenvalue weighted by Gasteiger charge is 2.38. The highest BCUT2D eigenvalue weighted by atomic mass is 15.1. The molecule has 13 aromatic rings. The third kappa shape index (κ3) is 6.93. The highest BCUT2D eigenvalue weighted by molar-refractivity contribution is 6.26. The number of fused-ring (bicyclic) bond motifs is 10. The SMILES string of the molecule is CC1(C)c2ccccc2-c2ccc(N(c3ccc4c(c3)C(C)(C)c3ccccc3-4)c3ccc(-c4c5ccccc5c(-c5cc(-c6ccccc6)cc(-c6ccccc6)c5)c5cc6ccccc6cc45)c4ccccc34)cc21. The van der Waals surface area contributed by atoms with Crippen molar-refractivity contribution in [3.05, 3.63) is 283 Å². The van der Waals surface area contributed by atoms with Crippen LogP contribution in [-0.4, -0.2) is 0 Å². The van der Waals surface area contributed by atoms with Crippen molar-refractivity contribution in [3.63, 3.8) is 0 Å². The van der Waals surface area contributed by atoms with Gasteiger partial charge in [0.25, 0.3) is 0 Å². The maximum absolute atomic E-state index is 2.54. The molecule has 0 amide bonds. The molecule has 364 valence electrons. The van der Waals surface area contributed by atoms with E-state index in [0.717, 1.165) is 17.1 Å². The smallest absolute Gasteiger partial charge is 0.0540 e. The summed E-state index contributed by atoms with van der Waals surface area (Å²) >= 11 is 0. The third-order valence-electron chi connectivity index (χ3n) is 17.4. The van der Waals surface area contributed by atoms with E-state index in [1.165, 1.54) is 132 Å². The van der Waals surface area contributed by atoms with Gasteiger partial charge in [0.1, 0.15) is 0 Å². The molecule has 2 aliphatic carbocycles. The number of hydrogen-bond acceptors (Lipinski definition) is 1. The van der Waals surface area contributed by atoms with Gasteiger partial charge in [0.05, 0.1) is 5.69 Å². The number of rotatable bonds is 7. The van der Waals surface area contributed by atoms with Gasteiger partial charge in [0.2, 0.25) is 0 Å². The van der Waals surface area contributed by atoms with Gasteiger partial charge in [-0.1, -0.05) is 228 Å². The van der Waals surface area contributed by atoms with Crippen LogP contribution in [0.1, 0.15) is 49.9 Å².